The number of benzene rings is 1. The first-order valence-electron chi connectivity index (χ1n) is 10.0. The van der Waals surface area contributed by atoms with Crippen molar-refractivity contribution >= 4 is 45.0 Å². The summed E-state index contributed by atoms with van der Waals surface area (Å²) in [5.74, 6) is -0.0972. The van der Waals surface area contributed by atoms with E-state index in [1.807, 2.05) is 7.05 Å². The highest BCUT2D eigenvalue weighted by Crippen LogP contribution is 2.31. The summed E-state index contributed by atoms with van der Waals surface area (Å²) < 4.78 is 8.19. The summed E-state index contributed by atoms with van der Waals surface area (Å²) in [5.41, 5.74) is 3.84. The molecule has 2 aromatic heterocycles. The van der Waals surface area contributed by atoms with Crippen LogP contribution in [0.15, 0.2) is 24.4 Å². The first-order chi connectivity index (χ1) is 14.0. The van der Waals surface area contributed by atoms with Crippen LogP contribution in [0.4, 0.5) is 5.13 Å². The zero-order valence-corrected chi connectivity index (χ0v) is 19.3. The molecule has 1 amide bonds. The van der Waals surface area contributed by atoms with Crippen molar-refractivity contribution in [3.8, 4) is 0 Å². The monoisotopic (exact) mass is 449 g/mol. The number of carbonyl (C=O) groups is 1. The van der Waals surface area contributed by atoms with Crippen molar-refractivity contribution < 1.29 is 9.53 Å². The van der Waals surface area contributed by atoms with Crippen molar-refractivity contribution in [2.45, 2.75) is 20.3 Å². The van der Waals surface area contributed by atoms with Crippen LogP contribution in [0, 0.1) is 13.8 Å². The molecule has 9 heteroatoms. The van der Waals surface area contributed by atoms with E-state index in [1.54, 1.807) is 33.2 Å². The smallest absolute Gasteiger partial charge is 0.280 e. The number of halogens is 1. The molecule has 1 fully saturated rings. The fourth-order valence-corrected chi connectivity index (χ4v) is 4.58. The molecule has 1 aromatic carbocycles. The van der Waals surface area contributed by atoms with E-state index in [-0.39, 0.29) is 18.3 Å². The van der Waals surface area contributed by atoms with E-state index in [0.717, 1.165) is 54.6 Å². The first kappa shape index (κ1) is 22.7. The summed E-state index contributed by atoms with van der Waals surface area (Å²) in [4.78, 5) is 22.2. The molecule has 7 nitrogen and oxygen atoms in total. The van der Waals surface area contributed by atoms with Crippen LogP contribution in [0.25, 0.3) is 10.2 Å². The van der Waals surface area contributed by atoms with Crippen LogP contribution in [0.1, 0.15) is 28.0 Å². The van der Waals surface area contributed by atoms with Crippen molar-refractivity contribution in [1.82, 2.24) is 19.7 Å². The van der Waals surface area contributed by atoms with Gasteiger partial charge in [-0.15, -0.1) is 12.4 Å². The minimum Gasteiger partial charge on any atom is -0.379 e. The fraction of sp³-hybridized carbons (Fsp3) is 0.476. The molecule has 0 radical (unpaired) electrons. The predicted octanol–water partition coefficient (Wildman–Crippen LogP) is 3.44. The highest BCUT2D eigenvalue weighted by atomic mass is 35.5. The first-order valence-corrected chi connectivity index (χ1v) is 10.8. The number of carbonyl (C=O) groups excluding carboxylic acids is 1. The summed E-state index contributed by atoms with van der Waals surface area (Å²) in [6.07, 6.45) is 2.68. The van der Waals surface area contributed by atoms with Gasteiger partial charge in [-0.1, -0.05) is 11.3 Å². The van der Waals surface area contributed by atoms with Crippen LogP contribution in [-0.2, 0) is 11.8 Å². The third kappa shape index (κ3) is 5.00. The van der Waals surface area contributed by atoms with Crippen LogP contribution in [0.5, 0.6) is 0 Å². The number of nitrogens with zero attached hydrogens (tertiary/aromatic N) is 5. The lowest BCUT2D eigenvalue weighted by molar-refractivity contribution is 0.0376. The highest BCUT2D eigenvalue weighted by molar-refractivity contribution is 7.22. The molecule has 1 saturated heterocycles. The van der Waals surface area contributed by atoms with Gasteiger partial charge in [-0.25, -0.2) is 4.98 Å². The second-order valence-corrected chi connectivity index (χ2v) is 8.55. The number of anilines is 1. The Morgan fingerprint density at radius 1 is 1.23 bits per heavy atom. The van der Waals surface area contributed by atoms with Crippen LogP contribution in [-0.4, -0.2) is 65.0 Å². The number of aryl methyl sites for hydroxylation is 3. The van der Waals surface area contributed by atoms with Gasteiger partial charge in [0.1, 0.15) is 0 Å². The summed E-state index contributed by atoms with van der Waals surface area (Å²) in [7, 11) is 1.82. The molecule has 1 aliphatic rings. The van der Waals surface area contributed by atoms with Gasteiger partial charge < -0.3 is 4.74 Å². The number of hydrogen-bond donors (Lipinski definition) is 0. The summed E-state index contributed by atoms with van der Waals surface area (Å²) in [6, 6.07) is 6.02. The van der Waals surface area contributed by atoms with Crippen molar-refractivity contribution in [2.75, 3.05) is 44.3 Å². The highest BCUT2D eigenvalue weighted by Gasteiger charge is 2.23. The van der Waals surface area contributed by atoms with Gasteiger partial charge in [-0.2, -0.15) is 5.10 Å². The Labute approximate surface area is 187 Å². The van der Waals surface area contributed by atoms with E-state index in [1.165, 1.54) is 11.1 Å². The van der Waals surface area contributed by atoms with Crippen LogP contribution < -0.4 is 4.90 Å². The summed E-state index contributed by atoms with van der Waals surface area (Å²) >= 11 is 1.57. The second kappa shape index (κ2) is 9.87. The zero-order valence-electron chi connectivity index (χ0n) is 17.6. The summed E-state index contributed by atoms with van der Waals surface area (Å²) in [5, 5.41) is 5.05. The Kier molecular flexibility index (Phi) is 7.46. The van der Waals surface area contributed by atoms with Crippen molar-refractivity contribution in [3.05, 3.63) is 41.2 Å². The minimum atomic E-state index is -0.0972. The molecule has 162 valence electrons. The number of ether oxygens (including phenoxy) is 1. The average molecular weight is 450 g/mol. The average Bonchev–Trinajstić information content (AvgIpc) is 3.32. The lowest BCUT2D eigenvalue weighted by atomic mass is 10.1. The summed E-state index contributed by atoms with van der Waals surface area (Å²) in [6.45, 7) is 9.23. The molecule has 0 atom stereocenters. The molecular weight excluding hydrogens is 422 g/mol. The molecule has 0 bridgehead atoms. The number of hydrogen-bond acceptors (Lipinski definition) is 6. The standard InChI is InChI=1S/C21H27N5O2S.ClH/c1-15-13-18-19(14-16(15)2)29-21(22-18)26(20(27)17-5-8-24(3)23-17)7-4-6-25-9-11-28-12-10-25;/h5,8,13-14H,4,6-7,9-12H2,1-3H3;1H. The molecule has 3 heterocycles. The third-order valence-corrected chi connectivity index (χ3v) is 6.40. The van der Waals surface area contributed by atoms with Crippen molar-refractivity contribution in [2.24, 2.45) is 7.05 Å². The molecule has 1 aliphatic heterocycles. The molecule has 0 unspecified atom stereocenters. The molecular formula is C21H28ClN5O2S. The van der Waals surface area contributed by atoms with Crippen LogP contribution >= 0.6 is 23.7 Å². The Morgan fingerprint density at radius 2 is 1.97 bits per heavy atom. The Balaban J connectivity index is 0.00000256. The van der Waals surface area contributed by atoms with E-state index in [0.29, 0.717) is 12.2 Å². The largest absolute Gasteiger partial charge is 0.379 e. The van der Waals surface area contributed by atoms with Gasteiger partial charge in [-0.3, -0.25) is 19.3 Å². The van der Waals surface area contributed by atoms with Crippen LogP contribution in [0.3, 0.4) is 0 Å². The Bertz CT molecular complexity index is 973. The van der Waals surface area contributed by atoms with Crippen molar-refractivity contribution in [3.63, 3.8) is 0 Å². The van der Waals surface area contributed by atoms with Gasteiger partial charge >= 0.3 is 0 Å². The maximum Gasteiger partial charge on any atom is 0.280 e. The lowest BCUT2D eigenvalue weighted by Gasteiger charge is -2.27. The third-order valence-electron chi connectivity index (χ3n) is 5.36. The van der Waals surface area contributed by atoms with Crippen LogP contribution in [0.2, 0.25) is 0 Å². The number of thiazole rings is 1. The quantitative estimate of drug-likeness (QED) is 0.576. The van der Waals surface area contributed by atoms with Gasteiger partial charge in [0.15, 0.2) is 10.8 Å². The second-order valence-electron chi connectivity index (χ2n) is 7.54. The molecule has 30 heavy (non-hydrogen) atoms. The van der Waals surface area contributed by atoms with E-state index in [4.69, 9.17) is 9.72 Å². The predicted molar refractivity (Wildman–Crippen MR) is 123 cm³/mol. The SMILES string of the molecule is Cc1cc2nc(N(CCCN3CCOCC3)C(=O)c3ccn(C)n3)sc2cc1C.Cl. The minimum absolute atomic E-state index is 0. The molecule has 3 aromatic rings. The normalized spacial score (nSPS) is 14.6. The maximum absolute atomic E-state index is 13.2. The molecule has 0 N–H and O–H groups in total. The number of aromatic nitrogens is 3. The topological polar surface area (TPSA) is 63.5 Å². The lowest BCUT2D eigenvalue weighted by Crippen LogP contribution is -2.39. The number of rotatable bonds is 6. The molecule has 0 aliphatic carbocycles. The van der Waals surface area contributed by atoms with Gasteiger partial charge in [0, 0.05) is 39.4 Å². The van der Waals surface area contributed by atoms with Gasteiger partial charge in [-0.05, 0) is 49.6 Å². The molecule has 4 rings (SSSR count). The number of amides is 1. The van der Waals surface area contributed by atoms with Gasteiger partial charge in [0.05, 0.1) is 23.4 Å². The van der Waals surface area contributed by atoms with E-state index in [2.05, 4.69) is 36.0 Å². The Morgan fingerprint density at radius 3 is 2.67 bits per heavy atom. The fourth-order valence-electron chi connectivity index (χ4n) is 3.51. The zero-order chi connectivity index (χ0) is 20.4. The van der Waals surface area contributed by atoms with E-state index in [9.17, 15) is 4.79 Å². The molecule has 0 spiro atoms. The maximum atomic E-state index is 13.2. The number of fused-ring (bicyclic) bond motifs is 1. The molecule has 0 saturated carbocycles. The van der Waals surface area contributed by atoms with E-state index >= 15 is 0 Å². The van der Waals surface area contributed by atoms with Gasteiger partial charge in [0.2, 0.25) is 0 Å². The van der Waals surface area contributed by atoms with Crippen molar-refractivity contribution in [1.29, 1.82) is 0 Å². The van der Waals surface area contributed by atoms with E-state index < -0.39 is 0 Å². The van der Waals surface area contributed by atoms with Gasteiger partial charge in [0.25, 0.3) is 5.91 Å². The Hall–Kier alpha value is -2.00. The number of morpholine rings is 1.